The average Bonchev–Trinajstić information content (AvgIpc) is 2.87. The quantitative estimate of drug-likeness (QED) is 0.747. The van der Waals surface area contributed by atoms with Crippen molar-refractivity contribution in [2.75, 3.05) is 0 Å². The molecule has 0 saturated heterocycles. The predicted molar refractivity (Wildman–Crippen MR) is 79.2 cm³/mol. The molecule has 4 heteroatoms. The maximum absolute atomic E-state index is 6.23. The average molecular weight is 269 g/mol. The monoisotopic (exact) mass is 269 g/mol. The molecule has 0 bridgehead atoms. The van der Waals surface area contributed by atoms with Crippen LogP contribution in [0.2, 0.25) is 0 Å². The van der Waals surface area contributed by atoms with Crippen molar-refractivity contribution in [3.05, 3.63) is 40.3 Å². The molecule has 2 heterocycles. The second kappa shape index (κ2) is 3.68. The summed E-state index contributed by atoms with van der Waals surface area (Å²) in [4.78, 5) is 8.19. The second-order valence-corrected chi connectivity index (χ2v) is 6.22. The van der Waals surface area contributed by atoms with E-state index in [2.05, 4.69) is 35.5 Å². The maximum Gasteiger partial charge on any atom is 0.113 e. The summed E-state index contributed by atoms with van der Waals surface area (Å²) in [5.41, 5.74) is 10.7. The van der Waals surface area contributed by atoms with Gasteiger partial charge in [0.2, 0.25) is 0 Å². The van der Waals surface area contributed by atoms with Crippen LogP contribution in [0.3, 0.4) is 0 Å². The van der Waals surface area contributed by atoms with Gasteiger partial charge >= 0.3 is 0 Å². The SMILES string of the molecule is Cc1[nH]c2ccccc2c1-c1csc(C2(N)CC2)n1. The summed E-state index contributed by atoms with van der Waals surface area (Å²) in [5, 5.41) is 4.44. The molecule has 0 amide bonds. The highest BCUT2D eigenvalue weighted by Gasteiger charge is 2.42. The van der Waals surface area contributed by atoms with E-state index in [1.54, 1.807) is 11.3 Å². The van der Waals surface area contributed by atoms with Gasteiger partial charge in [0.15, 0.2) is 0 Å². The van der Waals surface area contributed by atoms with Gasteiger partial charge in [-0.05, 0) is 25.8 Å². The van der Waals surface area contributed by atoms with E-state index in [4.69, 9.17) is 10.7 Å². The minimum absolute atomic E-state index is 0.136. The van der Waals surface area contributed by atoms with Crippen molar-refractivity contribution in [3.8, 4) is 11.3 Å². The largest absolute Gasteiger partial charge is 0.358 e. The number of hydrogen-bond donors (Lipinski definition) is 2. The molecular weight excluding hydrogens is 254 g/mol. The Hall–Kier alpha value is -1.65. The van der Waals surface area contributed by atoms with E-state index < -0.39 is 0 Å². The number of hydrogen-bond acceptors (Lipinski definition) is 3. The highest BCUT2D eigenvalue weighted by atomic mass is 32.1. The summed E-state index contributed by atoms with van der Waals surface area (Å²) >= 11 is 1.68. The Balaban J connectivity index is 1.90. The minimum atomic E-state index is -0.136. The number of rotatable bonds is 2. The highest BCUT2D eigenvalue weighted by Crippen LogP contribution is 2.45. The lowest BCUT2D eigenvalue weighted by atomic mass is 10.1. The number of fused-ring (bicyclic) bond motifs is 1. The van der Waals surface area contributed by atoms with Crippen molar-refractivity contribution in [1.82, 2.24) is 9.97 Å². The molecule has 1 aliphatic carbocycles. The van der Waals surface area contributed by atoms with Crippen molar-refractivity contribution < 1.29 is 0 Å². The van der Waals surface area contributed by atoms with Crippen LogP contribution in [0.4, 0.5) is 0 Å². The van der Waals surface area contributed by atoms with E-state index in [9.17, 15) is 0 Å². The van der Waals surface area contributed by atoms with E-state index in [1.807, 2.05) is 6.07 Å². The van der Waals surface area contributed by atoms with E-state index >= 15 is 0 Å². The van der Waals surface area contributed by atoms with Crippen LogP contribution in [-0.2, 0) is 5.54 Å². The molecule has 1 aromatic carbocycles. The molecule has 4 rings (SSSR count). The first-order valence-corrected chi connectivity index (χ1v) is 7.38. The number of nitrogens with zero attached hydrogens (tertiary/aromatic N) is 1. The molecule has 0 unspecified atom stereocenters. The van der Waals surface area contributed by atoms with Gasteiger partial charge in [-0.3, -0.25) is 0 Å². The number of thiazole rings is 1. The molecule has 0 spiro atoms. The zero-order valence-electron chi connectivity index (χ0n) is 10.7. The maximum atomic E-state index is 6.23. The topological polar surface area (TPSA) is 54.7 Å². The number of para-hydroxylation sites is 1. The zero-order chi connectivity index (χ0) is 13.0. The van der Waals surface area contributed by atoms with Gasteiger partial charge in [0.05, 0.1) is 11.2 Å². The zero-order valence-corrected chi connectivity index (χ0v) is 11.6. The molecule has 1 fully saturated rings. The molecule has 2 aromatic heterocycles. The summed E-state index contributed by atoms with van der Waals surface area (Å²) in [6, 6.07) is 8.36. The lowest BCUT2D eigenvalue weighted by molar-refractivity contribution is 0.732. The number of aromatic nitrogens is 2. The number of nitrogens with one attached hydrogen (secondary N) is 1. The fourth-order valence-corrected chi connectivity index (χ4v) is 3.56. The molecule has 3 nitrogen and oxygen atoms in total. The highest BCUT2D eigenvalue weighted by molar-refractivity contribution is 7.10. The van der Waals surface area contributed by atoms with Gasteiger partial charge < -0.3 is 10.7 Å². The van der Waals surface area contributed by atoms with Crippen molar-refractivity contribution in [2.24, 2.45) is 5.73 Å². The Kier molecular flexibility index (Phi) is 2.17. The van der Waals surface area contributed by atoms with Gasteiger partial charge in [0, 0.05) is 27.5 Å². The molecule has 1 saturated carbocycles. The van der Waals surface area contributed by atoms with Crippen molar-refractivity contribution in [1.29, 1.82) is 0 Å². The van der Waals surface area contributed by atoms with Crippen molar-refractivity contribution in [2.45, 2.75) is 25.3 Å². The van der Waals surface area contributed by atoms with Crippen LogP contribution in [0.1, 0.15) is 23.5 Å². The molecule has 3 N–H and O–H groups in total. The molecular formula is C15H15N3S. The number of aryl methyl sites for hydroxylation is 1. The molecule has 1 aliphatic rings. The molecule has 0 atom stereocenters. The second-order valence-electron chi connectivity index (χ2n) is 5.36. The third kappa shape index (κ3) is 1.64. The summed E-state index contributed by atoms with van der Waals surface area (Å²) < 4.78 is 0. The van der Waals surface area contributed by atoms with Crippen molar-refractivity contribution >= 4 is 22.2 Å². The van der Waals surface area contributed by atoms with Gasteiger partial charge in [-0.2, -0.15) is 0 Å². The Morgan fingerprint density at radius 1 is 1.32 bits per heavy atom. The Morgan fingerprint density at radius 3 is 2.89 bits per heavy atom. The standard InChI is InChI=1S/C15H15N3S/c1-9-13(10-4-2-3-5-11(10)17-9)12-8-19-14(18-12)15(16)6-7-15/h2-5,8,17H,6-7,16H2,1H3. The third-order valence-electron chi connectivity index (χ3n) is 3.87. The van der Waals surface area contributed by atoms with Crippen LogP contribution in [0.25, 0.3) is 22.2 Å². The van der Waals surface area contributed by atoms with E-state index in [-0.39, 0.29) is 5.54 Å². The van der Waals surface area contributed by atoms with E-state index in [0.717, 1.165) is 23.5 Å². The van der Waals surface area contributed by atoms with Gasteiger partial charge in [-0.1, -0.05) is 18.2 Å². The first kappa shape index (κ1) is 11.2. The van der Waals surface area contributed by atoms with Crippen LogP contribution < -0.4 is 5.73 Å². The minimum Gasteiger partial charge on any atom is -0.358 e. The van der Waals surface area contributed by atoms with Crippen LogP contribution in [0, 0.1) is 6.92 Å². The number of benzene rings is 1. The Morgan fingerprint density at radius 2 is 2.11 bits per heavy atom. The lowest BCUT2D eigenvalue weighted by Gasteiger charge is -2.02. The first-order chi connectivity index (χ1) is 9.17. The smallest absolute Gasteiger partial charge is 0.113 e. The summed E-state index contributed by atoms with van der Waals surface area (Å²) in [7, 11) is 0. The van der Waals surface area contributed by atoms with Gasteiger partial charge in [0.1, 0.15) is 5.01 Å². The fraction of sp³-hybridized carbons (Fsp3) is 0.267. The molecule has 0 aliphatic heterocycles. The first-order valence-electron chi connectivity index (χ1n) is 6.50. The lowest BCUT2D eigenvalue weighted by Crippen LogP contribution is -2.18. The summed E-state index contributed by atoms with van der Waals surface area (Å²) in [6.45, 7) is 2.10. The molecule has 19 heavy (non-hydrogen) atoms. The fourth-order valence-electron chi connectivity index (χ4n) is 2.57. The number of H-pyrrole nitrogens is 1. The summed E-state index contributed by atoms with van der Waals surface area (Å²) in [6.07, 6.45) is 2.12. The van der Waals surface area contributed by atoms with E-state index in [1.165, 1.54) is 22.2 Å². The number of nitrogens with two attached hydrogens (primary N) is 1. The van der Waals surface area contributed by atoms with Gasteiger partial charge in [-0.15, -0.1) is 11.3 Å². The van der Waals surface area contributed by atoms with Crippen LogP contribution in [0.5, 0.6) is 0 Å². The van der Waals surface area contributed by atoms with Gasteiger partial charge in [-0.25, -0.2) is 4.98 Å². The van der Waals surface area contributed by atoms with E-state index in [0.29, 0.717) is 0 Å². The van der Waals surface area contributed by atoms with Crippen LogP contribution >= 0.6 is 11.3 Å². The normalized spacial score (nSPS) is 16.9. The van der Waals surface area contributed by atoms with Crippen molar-refractivity contribution in [3.63, 3.8) is 0 Å². The molecule has 0 radical (unpaired) electrons. The Labute approximate surface area is 115 Å². The summed E-state index contributed by atoms with van der Waals surface area (Å²) in [5.74, 6) is 0. The molecule has 3 aromatic rings. The Bertz CT molecular complexity index is 765. The predicted octanol–water partition coefficient (Wildman–Crippen LogP) is 3.55. The van der Waals surface area contributed by atoms with Crippen LogP contribution in [-0.4, -0.2) is 9.97 Å². The molecule has 96 valence electrons. The van der Waals surface area contributed by atoms with Gasteiger partial charge in [0.25, 0.3) is 0 Å². The van der Waals surface area contributed by atoms with Crippen LogP contribution in [0.15, 0.2) is 29.6 Å². The third-order valence-corrected chi connectivity index (χ3v) is 4.93. The number of aromatic amines is 1.